The highest BCUT2D eigenvalue weighted by Crippen LogP contribution is 2.24. The van der Waals surface area contributed by atoms with E-state index in [2.05, 4.69) is 4.90 Å². The molecule has 2 heteroatoms. The predicted molar refractivity (Wildman–Crippen MR) is 61.5 cm³/mol. The molecule has 2 aliphatic rings. The lowest BCUT2D eigenvalue weighted by molar-refractivity contribution is -0.122. The number of hydrogen-bond acceptors (Lipinski definition) is 2. The molecule has 84 valence electrons. The molecule has 2 rings (SSSR count). The Bertz CT molecular complexity index is 156. The third-order valence-corrected chi connectivity index (χ3v) is 2.64. The monoisotopic (exact) mass is 199 g/mol. The van der Waals surface area contributed by atoms with Gasteiger partial charge in [-0.05, 0) is 19.4 Å². The fourth-order valence-electron chi connectivity index (χ4n) is 2.05. The zero-order valence-electron chi connectivity index (χ0n) is 10.2. The Morgan fingerprint density at radius 1 is 1.14 bits per heavy atom. The fraction of sp³-hybridized carbons (Fsp3) is 0.917. The number of rotatable bonds is 0. The van der Waals surface area contributed by atoms with Crippen molar-refractivity contribution < 1.29 is 4.79 Å². The van der Waals surface area contributed by atoms with E-state index in [9.17, 15) is 4.79 Å². The quantitative estimate of drug-likeness (QED) is 0.598. The molecule has 1 unspecified atom stereocenters. The van der Waals surface area contributed by atoms with Crippen LogP contribution in [0.25, 0.3) is 0 Å². The molecule has 2 heterocycles. The maximum atomic E-state index is 11.0. The van der Waals surface area contributed by atoms with Crippen LogP contribution >= 0.6 is 0 Å². The molecule has 2 saturated heterocycles. The summed E-state index contributed by atoms with van der Waals surface area (Å²) in [6.07, 6.45) is 4.19. The van der Waals surface area contributed by atoms with Gasteiger partial charge in [-0.15, -0.1) is 0 Å². The van der Waals surface area contributed by atoms with Crippen molar-refractivity contribution in [1.82, 2.24) is 4.90 Å². The van der Waals surface area contributed by atoms with Crippen LogP contribution in [-0.4, -0.2) is 29.8 Å². The summed E-state index contributed by atoms with van der Waals surface area (Å²) < 4.78 is 0. The summed E-state index contributed by atoms with van der Waals surface area (Å²) in [5.74, 6) is 0.475. The molecule has 0 radical (unpaired) electrons. The first-order valence-electron chi connectivity index (χ1n) is 6.12. The second-order valence-corrected chi connectivity index (χ2v) is 3.32. The molecule has 2 nitrogen and oxygen atoms in total. The van der Waals surface area contributed by atoms with Gasteiger partial charge in [-0.1, -0.05) is 27.7 Å². The highest BCUT2D eigenvalue weighted by atomic mass is 16.1. The molecule has 1 atom stereocenters. The number of fused-ring (bicyclic) bond motifs is 1. The summed E-state index contributed by atoms with van der Waals surface area (Å²) in [4.78, 5) is 13.4. The number of ketones is 1. The molecule has 14 heavy (non-hydrogen) atoms. The standard InChI is InChI=1S/C8H13NO.2C2H6/c10-8-3-5-9-4-1-2-7(9)6-8;2*1-2/h7H,1-6H2;2*1-2H3. The first-order valence-corrected chi connectivity index (χ1v) is 6.12. The van der Waals surface area contributed by atoms with Crippen molar-refractivity contribution in [2.45, 2.75) is 59.4 Å². The Kier molecular flexibility index (Phi) is 7.77. The number of carbonyl (C=O) groups is 1. The second kappa shape index (κ2) is 7.98. The minimum atomic E-state index is 0.475. The number of piperidine rings is 1. The summed E-state index contributed by atoms with van der Waals surface area (Å²) >= 11 is 0. The van der Waals surface area contributed by atoms with Gasteiger partial charge in [0.25, 0.3) is 0 Å². The maximum Gasteiger partial charge on any atom is 0.135 e. The average molecular weight is 199 g/mol. The van der Waals surface area contributed by atoms with Gasteiger partial charge < -0.3 is 0 Å². The number of hydrogen-bond donors (Lipinski definition) is 0. The number of Topliss-reactive ketones (excluding diaryl/α,β-unsaturated/α-hetero) is 1. The highest BCUT2D eigenvalue weighted by Gasteiger charge is 2.30. The molecule has 0 saturated carbocycles. The van der Waals surface area contributed by atoms with E-state index in [0.717, 1.165) is 19.4 Å². The van der Waals surface area contributed by atoms with Crippen LogP contribution in [0.3, 0.4) is 0 Å². The van der Waals surface area contributed by atoms with Gasteiger partial charge in [0.05, 0.1) is 0 Å². The van der Waals surface area contributed by atoms with Crippen LogP contribution in [0.15, 0.2) is 0 Å². The maximum absolute atomic E-state index is 11.0. The van der Waals surface area contributed by atoms with E-state index in [4.69, 9.17) is 0 Å². The molecule has 0 N–H and O–H groups in total. The topological polar surface area (TPSA) is 20.3 Å². The van der Waals surface area contributed by atoms with Crippen LogP contribution in [0.5, 0.6) is 0 Å². The molecule has 0 aromatic heterocycles. The van der Waals surface area contributed by atoms with Crippen molar-refractivity contribution in [2.24, 2.45) is 0 Å². The fourth-order valence-corrected chi connectivity index (χ4v) is 2.05. The summed E-state index contributed by atoms with van der Waals surface area (Å²) in [6.45, 7) is 10.3. The van der Waals surface area contributed by atoms with Gasteiger partial charge in [-0.3, -0.25) is 9.69 Å². The molecule has 0 aromatic carbocycles. The Hall–Kier alpha value is -0.370. The molecular weight excluding hydrogens is 174 g/mol. The summed E-state index contributed by atoms with van der Waals surface area (Å²) in [6, 6.07) is 0.626. The van der Waals surface area contributed by atoms with Crippen LogP contribution < -0.4 is 0 Å². The van der Waals surface area contributed by atoms with E-state index in [-0.39, 0.29) is 0 Å². The van der Waals surface area contributed by atoms with Gasteiger partial charge in [0, 0.05) is 25.4 Å². The Morgan fingerprint density at radius 3 is 2.43 bits per heavy atom. The van der Waals surface area contributed by atoms with E-state index < -0.39 is 0 Å². The Balaban J connectivity index is 0.000000379. The third-order valence-electron chi connectivity index (χ3n) is 2.64. The summed E-state index contributed by atoms with van der Waals surface area (Å²) in [7, 11) is 0. The van der Waals surface area contributed by atoms with E-state index in [1.54, 1.807) is 0 Å². The van der Waals surface area contributed by atoms with Crippen molar-refractivity contribution in [3.05, 3.63) is 0 Å². The van der Waals surface area contributed by atoms with Crippen LogP contribution in [-0.2, 0) is 4.79 Å². The molecule has 0 aromatic rings. The number of carbonyl (C=O) groups excluding carboxylic acids is 1. The summed E-state index contributed by atoms with van der Waals surface area (Å²) in [5.41, 5.74) is 0. The number of nitrogens with zero attached hydrogens (tertiary/aromatic N) is 1. The molecule has 0 spiro atoms. The first-order chi connectivity index (χ1) is 6.86. The molecule has 0 aliphatic carbocycles. The lowest BCUT2D eigenvalue weighted by Crippen LogP contribution is -2.37. The van der Waals surface area contributed by atoms with Crippen LogP contribution in [0, 0.1) is 0 Å². The molecule has 0 bridgehead atoms. The van der Waals surface area contributed by atoms with Crippen molar-refractivity contribution in [3.8, 4) is 0 Å². The van der Waals surface area contributed by atoms with Crippen LogP contribution in [0.4, 0.5) is 0 Å². The second-order valence-electron chi connectivity index (χ2n) is 3.32. The van der Waals surface area contributed by atoms with Crippen LogP contribution in [0.2, 0.25) is 0 Å². The predicted octanol–water partition coefficient (Wildman–Crippen LogP) is 2.87. The lowest BCUT2D eigenvalue weighted by Gasteiger charge is -2.27. The Morgan fingerprint density at radius 2 is 1.79 bits per heavy atom. The first kappa shape index (κ1) is 13.6. The van der Waals surface area contributed by atoms with E-state index in [1.807, 2.05) is 27.7 Å². The van der Waals surface area contributed by atoms with Gasteiger partial charge in [-0.25, -0.2) is 0 Å². The molecular formula is C12H25NO. The Labute approximate surface area is 88.7 Å². The van der Waals surface area contributed by atoms with Crippen molar-refractivity contribution in [1.29, 1.82) is 0 Å². The van der Waals surface area contributed by atoms with Gasteiger partial charge in [0.1, 0.15) is 5.78 Å². The van der Waals surface area contributed by atoms with E-state index in [0.29, 0.717) is 11.8 Å². The molecule has 0 amide bonds. The molecule has 2 aliphatic heterocycles. The van der Waals surface area contributed by atoms with Gasteiger partial charge in [0.2, 0.25) is 0 Å². The third kappa shape index (κ3) is 3.79. The minimum absolute atomic E-state index is 0.475. The largest absolute Gasteiger partial charge is 0.300 e. The van der Waals surface area contributed by atoms with E-state index >= 15 is 0 Å². The van der Waals surface area contributed by atoms with Crippen molar-refractivity contribution in [3.63, 3.8) is 0 Å². The highest BCUT2D eigenvalue weighted by molar-refractivity contribution is 5.80. The SMILES string of the molecule is CC.CC.O=C1CCN2CCCC2C1. The van der Waals surface area contributed by atoms with Crippen LogP contribution in [0.1, 0.15) is 53.4 Å². The average Bonchev–Trinajstić information content (AvgIpc) is 2.71. The zero-order chi connectivity index (χ0) is 11.0. The van der Waals surface area contributed by atoms with Crippen molar-refractivity contribution in [2.75, 3.05) is 13.1 Å². The van der Waals surface area contributed by atoms with Gasteiger partial charge >= 0.3 is 0 Å². The molecule has 2 fully saturated rings. The minimum Gasteiger partial charge on any atom is -0.300 e. The normalized spacial score (nSPS) is 25.4. The zero-order valence-corrected chi connectivity index (χ0v) is 10.2. The van der Waals surface area contributed by atoms with Crippen molar-refractivity contribution >= 4 is 5.78 Å². The van der Waals surface area contributed by atoms with Gasteiger partial charge in [0.15, 0.2) is 0 Å². The smallest absolute Gasteiger partial charge is 0.135 e. The van der Waals surface area contributed by atoms with Gasteiger partial charge in [-0.2, -0.15) is 0 Å². The van der Waals surface area contributed by atoms with E-state index in [1.165, 1.54) is 19.4 Å². The summed E-state index contributed by atoms with van der Waals surface area (Å²) in [5, 5.41) is 0. The lowest BCUT2D eigenvalue weighted by atomic mass is 10.0.